The molecule has 0 aromatic carbocycles. The molecule has 0 aliphatic rings. The van der Waals surface area contributed by atoms with Crippen LogP contribution in [0, 0.1) is 0 Å². The van der Waals surface area contributed by atoms with E-state index >= 15 is 0 Å². The molecule has 0 aliphatic carbocycles. The molecule has 0 spiro atoms. The molecule has 1 unspecified atom stereocenters. The van der Waals surface area contributed by atoms with E-state index in [1.54, 1.807) is 33.8 Å². The van der Waals surface area contributed by atoms with Gasteiger partial charge in [0, 0.05) is 12.6 Å². The third kappa shape index (κ3) is 4.18. The van der Waals surface area contributed by atoms with Crippen molar-refractivity contribution in [2.75, 3.05) is 0 Å². The Morgan fingerprint density at radius 3 is 2.71 bits per heavy atom. The summed E-state index contributed by atoms with van der Waals surface area (Å²) in [5.74, 6) is 0.927. The molecule has 0 fully saturated rings. The normalized spacial score (nSPS) is 12.7. The summed E-state index contributed by atoms with van der Waals surface area (Å²) >= 11 is 0. The summed E-state index contributed by atoms with van der Waals surface area (Å²) in [6.07, 6.45) is 0.821. The summed E-state index contributed by atoms with van der Waals surface area (Å²) in [5.41, 5.74) is -0.779. The highest BCUT2D eigenvalue weighted by Gasteiger charge is 2.21. The van der Waals surface area contributed by atoms with E-state index < -0.39 is 17.7 Å². The van der Waals surface area contributed by atoms with Crippen LogP contribution in [0.3, 0.4) is 0 Å². The van der Waals surface area contributed by atoms with Gasteiger partial charge in [0.25, 0.3) is 5.56 Å². The van der Waals surface area contributed by atoms with Crippen LogP contribution in [0.5, 0.6) is 0 Å². The molecule has 1 atom stereocenters. The van der Waals surface area contributed by atoms with E-state index in [4.69, 9.17) is 4.74 Å². The Balaban J connectivity index is 2.24. The number of amides is 1. The van der Waals surface area contributed by atoms with Crippen LogP contribution in [0.1, 0.15) is 46.5 Å². The number of nitrogens with zero attached hydrogens (tertiary/aromatic N) is 5. The Bertz CT molecular complexity index is 774. The minimum atomic E-state index is -0.588. The zero-order valence-corrected chi connectivity index (χ0v) is 14.5. The van der Waals surface area contributed by atoms with Crippen molar-refractivity contribution < 1.29 is 9.53 Å². The van der Waals surface area contributed by atoms with Crippen LogP contribution in [-0.2, 0) is 11.3 Å². The quantitative estimate of drug-likeness (QED) is 0.907. The molecule has 0 saturated carbocycles. The summed E-state index contributed by atoms with van der Waals surface area (Å²) in [4.78, 5) is 27.7. The maximum Gasteiger partial charge on any atom is 0.408 e. The second kappa shape index (κ2) is 6.81. The van der Waals surface area contributed by atoms with Gasteiger partial charge in [-0.2, -0.15) is 9.78 Å². The fourth-order valence-electron chi connectivity index (χ4n) is 2.05. The predicted molar refractivity (Wildman–Crippen MR) is 86.9 cm³/mol. The molecule has 2 heterocycles. The van der Waals surface area contributed by atoms with E-state index in [2.05, 4.69) is 20.5 Å². The maximum atomic E-state index is 11.9. The molecule has 130 valence electrons. The number of ether oxygens (including phenoxy) is 1. The summed E-state index contributed by atoms with van der Waals surface area (Å²) in [6, 6.07) is 2.53. The van der Waals surface area contributed by atoms with Gasteiger partial charge < -0.3 is 10.1 Å². The number of carbonyl (C=O) groups is 1. The first-order chi connectivity index (χ1) is 11.2. The molecule has 1 N–H and O–H groups in total. The van der Waals surface area contributed by atoms with Crippen molar-refractivity contribution in [1.29, 1.82) is 0 Å². The van der Waals surface area contributed by atoms with Gasteiger partial charge in [-0.05, 0) is 40.7 Å². The third-order valence-electron chi connectivity index (χ3n) is 3.06. The van der Waals surface area contributed by atoms with Gasteiger partial charge in [0.05, 0.1) is 6.04 Å². The van der Waals surface area contributed by atoms with Crippen molar-refractivity contribution in [3.63, 3.8) is 0 Å². The minimum absolute atomic E-state index is 0.192. The molecule has 24 heavy (non-hydrogen) atoms. The summed E-state index contributed by atoms with van der Waals surface area (Å²) < 4.78 is 8.04. The molecule has 0 radical (unpaired) electrons. The lowest BCUT2D eigenvalue weighted by molar-refractivity contribution is 0.0505. The van der Waals surface area contributed by atoms with Gasteiger partial charge in [-0.1, -0.05) is 0 Å². The first-order valence-corrected chi connectivity index (χ1v) is 7.69. The van der Waals surface area contributed by atoms with Gasteiger partial charge in [0.2, 0.25) is 0 Å². The number of carbonyl (C=O) groups excluding carboxylic acids is 1. The van der Waals surface area contributed by atoms with Crippen LogP contribution >= 0.6 is 0 Å². The second-order valence-corrected chi connectivity index (χ2v) is 6.24. The molecule has 1 amide bonds. The Hall–Kier alpha value is -2.71. The molecule has 2 rings (SSSR count). The van der Waals surface area contributed by atoms with Gasteiger partial charge >= 0.3 is 6.09 Å². The largest absolute Gasteiger partial charge is 0.444 e. The maximum absolute atomic E-state index is 11.9. The lowest BCUT2D eigenvalue weighted by Crippen LogP contribution is -2.35. The first-order valence-electron chi connectivity index (χ1n) is 7.69. The lowest BCUT2D eigenvalue weighted by Gasteiger charge is -2.21. The predicted octanol–water partition coefficient (Wildman–Crippen LogP) is 1.43. The molecular weight excluding hydrogens is 312 g/mol. The molecule has 0 saturated heterocycles. The second-order valence-electron chi connectivity index (χ2n) is 6.24. The number of aromatic nitrogens is 5. The average molecular weight is 334 g/mol. The summed E-state index contributed by atoms with van der Waals surface area (Å²) in [7, 11) is 0. The number of rotatable bonds is 4. The molecule has 0 aliphatic heterocycles. The lowest BCUT2D eigenvalue weighted by atomic mass is 10.2. The van der Waals surface area contributed by atoms with Crippen LogP contribution < -0.4 is 10.9 Å². The monoisotopic (exact) mass is 334 g/mol. The van der Waals surface area contributed by atoms with Crippen molar-refractivity contribution in [2.45, 2.75) is 52.8 Å². The molecule has 9 heteroatoms. The highest BCUT2D eigenvalue weighted by molar-refractivity contribution is 5.68. The van der Waals surface area contributed by atoms with Crippen molar-refractivity contribution >= 4 is 6.09 Å². The van der Waals surface area contributed by atoms with Gasteiger partial charge in [-0.25, -0.2) is 14.5 Å². The van der Waals surface area contributed by atoms with E-state index in [1.165, 1.54) is 21.8 Å². The Labute approximate surface area is 139 Å². The van der Waals surface area contributed by atoms with Crippen molar-refractivity contribution in [3.8, 4) is 5.82 Å². The van der Waals surface area contributed by atoms with E-state index in [1.807, 2.05) is 6.92 Å². The van der Waals surface area contributed by atoms with Gasteiger partial charge in [-0.3, -0.25) is 4.79 Å². The van der Waals surface area contributed by atoms with E-state index in [-0.39, 0.29) is 5.56 Å². The van der Waals surface area contributed by atoms with Crippen molar-refractivity contribution in [1.82, 2.24) is 29.9 Å². The van der Waals surface area contributed by atoms with Crippen LogP contribution in [-0.4, -0.2) is 36.2 Å². The fourth-order valence-corrected chi connectivity index (χ4v) is 2.05. The van der Waals surface area contributed by atoms with Crippen LogP contribution in [0.4, 0.5) is 4.79 Å². The summed E-state index contributed by atoms with van der Waals surface area (Å²) in [6.45, 7) is 9.41. The topological polar surface area (TPSA) is 104 Å². The van der Waals surface area contributed by atoms with Gasteiger partial charge in [-0.15, -0.1) is 5.10 Å². The molecule has 0 bridgehead atoms. The third-order valence-corrected chi connectivity index (χ3v) is 3.06. The van der Waals surface area contributed by atoms with Crippen molar-refractivity contribution in [3.05, 3.63) is 34.6 Å². The van der Waals surface area contributed by atoms with Crippen LogP contribution in [0.2, 0.25) is 0 Å². The smallest absolute Gasteiger partial charge is 0.408 e. The van der Waals surface area contributed by atoms with Gasteiger partial charge in [0.1, 0.15) is 11.9 Å². The number of aryl methyl sites for hydroxylation is 1. The summed E-state index contributed by atoms with van der Waals surface area (Å²) in [5, 5.41) is 11.1. The fraction of sp³-hybridized carbons (Fsp3) is 0.533. The standard InChI is InChI=1S/C15H22N6O3/c1-6-20-12(22)8-7-11(19-20)21-13(16-9-17-21)10(2)18-14(23)24-15(3,4)5/h7-10H,6H2,1-5H3,(H,18,23). The molecule has 2 aromatic rings. The SMILES string of the molecule is CCn1nc(-n2ncnc2C(C)NC(=O)OC(C)(C)C)ccc1=O. The van der Waals surface area contributed by atoms with E-state index in [0.29, 0.717) is 18.2 Å². The van der Waals surface area contributed by atoms with E-state index in [0.717, 1.165) is 0 Å². The zero-order valence-electron chi connectivity index (χ0n) is 14.5. The van der Waals surface area contributed by atoms with E-state index in [9.17, 15) is 9.59 Å². The first kappa shape index (κ1) is 17.6. The highest BCUT2D eigenvalue weighted by Crippen LogP contribution is 2.14. The zero-order chi connectivity index (χ0) is 17.9. The average Bonchev–Trinajstić information content (AvgIpc) is 2.95. The number of nitrogens with one attached hydrogen (secondary N) is 1. The Morgan fingerprint density at radius 2 is 2.08 bits per heavy atom. The van der Waals surface area contributed by atoms with Crippen LogP contribution in [0.25, 0.3) is 5.82 Å². The molecule has 9 nitrogen and oxygen atoms in total. The highest BCUT2D eigenvalue weighted by atomic mass is 16.6. The van der Waals surface area contributed by atoms with Gasteiger partial charge in [0.15, 0.2) is 11.6 Å². The Kier molecular flexibility index (Phi) is 5.01. The molecule has 2 aromatic heterocycles. The minimum Gasteiger partial charge on any atom is -0.444 e. The number of hydrogen-bond donors (Lipinski definition) is 1. The van der Waals surface area contributed by atoms with Crippen molar-refractivity contribution in [2.24, 2.45) is 0 Å². The number of hydrogen-bond acceptors (Lipinski definition) is 6. The number of alkyl carbamates (subject to hydrolysis) is 1. The molecular formula is C15H22N6O3. The Morgan fingerprint density at radius 1 is 1.38 bits per heavy atom. The van der Waals surface area contributed by atoms with Crippen LogP contribution in [0.15, 0.2) is 23.3 Å².